The van der Waals surface area contributed by atoms with Crippen LogP contribution in [0.15, 0.2) is 255 Å². The van der Waals surface area contributed by atoms with E-state index in [1.54, 1.807) is 0 Å². The molecule has 0 aliphatic carbocycles. The van der Waals surface area contributed by atoms with E-state index in [1.807, 2.05) is 18.2 Å². The number of nitrogens with zero attached hydrogens (tertiary/aromatic N) is 1. The second-order valence-corrected chi connectivity index (χ2v) is 14.9. The van der Waals surface area contributed by atoms with Crippen LogP contribution in [0.5, 0.6) is 0 Å². The molecule has 0 spiro atoms. The van der Waals surface area contributed by atoms with E-state index in [1.165, 1.54) is 66.4 Å². The van der Waals surface area contributed by atoms with Crippen LogP contribution in [0.1, 0.15) is 6.92 Å². The lowest BCUT2D eigenvalue weighted by Crippen LogP contribution is -2.15. The molecule has 0 saturated heterocycles. The molecule has 0 saturated carbocycles. The molecule has 1 heteroatoms. The van der Waals surface area contributed by atoms with Crippen LogP contribution in [-0.2, 0) is 0 Å². The van der Waals surface area contributed by atoms with E-state index in [-0.39, 0.29) is 0 Å². The molecule has 0 unspecified atom stereocenters. The molecule has 0 bridgehead atoms. The van der Waals surface area contributed by atoms with E-state index in [0.29, 0.717) is 0 Å². The Morgan fingerprint density at radius 3 is 1.35 bits per heavy atom. The Hall–Kier alpha value is -7.74. The minimum absolute atomic E-state index is 1.09. The van der Waals surface area contributed by atoms with Crippen LogP contribution in [0, 0.1) is 0 Å². The van der Waals surface area contributed by atoms with E-state index in [4.69, 9.17) is 0 Å². The van der Waals surface area contributed by atoms with E-state index in [9.17, 15) is 0 Å². The number of benzene rings is 9. The summed E-state index contributed by atoms with van der Waals surface area (Å²) in [6.45, 7) is 6.06. The van der Waals surface area contributed by atoms with Gasteiger partial charge in [0.25, 0.3) is 0 Å². The lowest BCUT2D eigenvalue weighted by molar-refractivity contribution is 1.16. The first-order valence-electron chi connectivity index (χ1n) is 20.6. The molecule has 9 aromatic rings. The second-order valence-electron chi connectivity index (χ2n) is 14.9. The molecule has 0 aliphatic rings. The summed E-state index contributed by atoms with van der Waals surface area (Å²) in [5.41, 5.74) is 17.5. The van der Waals surface area contributed by atoms with Crippen molar-refractivity contribution in [2.75, 3.05) is 4.90 Å². The third-order valence-corrected chi connectivity index (χ3v) is 11.2. The zero-order chi connectivity index (χ0) is 40.7. The monoisotopic (exact) mass is 767 g/mol. The Morgan fingerprint density at radius 2 is 0.800 bits per heavy atom. The van der Waals surface area contributed by atoms with E-state index < -0.39 is 0 Å². The van der Waals surface area contributed by atoms with E-state index in [2.05, 4.69) is 243 Å². The average Bonchev–Trinajstić information content (AvgIpc) is 3.32. The van der Waals surface area contributed by atoms with Gasteiger partial charge in [0.1, 0.15) is 0 Å². The van der Waals surface area contributed by atoms with Crippen molar-refractivity contribution in [3.05, 3.63) is 255 Å². The highest BCUT2D eigenvalue weighted by Gasteiger charge is 2.27. The van der Waals surface area contributed by atoms with Gasteiger partial charge < -0.3 is 4.90 Å². The molecular formula is C59H45N. The van der Waals surface area contributed by atoms with Gasteiger partial charge in [0, 0.05) is 16.9 Å². The summed E-state index contributed by atoms with van der Waals surface area (Å²) in [5, 5.41) is 2.43. The third kappa shape index (κ3) is 7.30. The van der Waals surface area contributed by atoms with Crippen molar-refractivity contribution in [1.82, 2.24) is 0 Å². The Morgan fingerprint density at radius 1 is 0.383 bits per heavy atom. The van der Waals surface area contributed by atoms with Gasteiger partial charge in [-0.2, -0.15) is 0 Å². The molecule has 0 atom stereocenters. The van der Waals surface area contributed by atoms with Gasteiger partial charge >= 0.3 is 0 Å². The highest BCUT2D eigenvalue weighted by Crippen LogP contribution is 2.54. The van der Waals surface area contributed by atoms with Gasteiger partial charge in [-0.05, 0) is 103 Å². The van der Waals surface area contributed by atoms with Crippen LogP contribution in [-0.4, -0.2) is 0 Å². The van der Waals surface area contributed by atoms with Gasteiger partial charge in [-0.25, -0.2) is 0 Å². The first kappa shape index (κ1) is 37.8. The third-order valence-electron chi connectivity index (χ3n) is 11.2. The molecule has 9 rings (SSSR count). The lowest BCUT2D eigenvalue weighted by Gasteiger charge is -2.29. The molecule has 0 aliphatic heterocycles. The minimum Gasteiger partial charge on any atom is -0.314 e. The first-order valence-corrected chi connectivity index (χ1v) is 20.6. The van der Waals surface area contributed by atoms with Gasteiger partial charge in [0.2, 0.25) is 0 Å². The molecular weight excluding hydrogens is 723 g/mol. The SMILES string of the molecule is C=C/C=C\C=C(/C)N(c1ccccc1)c1ccccc1-c1ccccc1-c1cccc2c(-c3ccccc3)c(-c3ccccc3)c(-c3ccccc3)c(-c3ccccc3)c12. The van der Waals surface area contributed by atoms with Crippen molar-refractivity contribution in [1.29, 1.82) is 0 Å². The largest absolute Gasteiger partial charge is 0.314 e. The van der Waals surface area contributed by atoms with Crippen LogP contribution in [0.25, 0.3) is 77.5 Å². The summed E-state index contributed by atoms with van der Waals surface area (Å²) in [4.78, 5) is 2.35. The number of fused-ring (bicyclic) bond motifs is 1. The zero-order valence-corrected chi connectivity index (χ0v) is 33.7. The Bertz CT molecular complexity index is 2960. The fourth-order valence-electron chi connectivity index (χ4n) is 8.66. The average molecular weight is 768 g/mol. The molecule has 0 radical (unpaired) electrons. The maximum absolute atomic E-state index is 3.89. The summed E-state index contributed by atoms with van der Waals surface area (Å²) in [5.74, 6) is 0. The van der Waals surface area contributed by atoms with E-state index >= 15 is 0 Å². The first-order chi connectivity index (χ1) is 29.7. The molecule has 9 aromatic carbocycles. The standard InChI is InChI=1S/C59H45N/c1-3-4-10-26-43(2)60(48-35-19-9-20-36-48)54-42-24-23-39-51(54)49-37-21-22-38-50(49)52-40-25-41-53-55(44-27-11-5-12-28-44)56(45-29-13-6-14-30-45)57(46-31-15-7-16-32-46)58(59(52)53)47-33-17-8-18-34-47/h3-42H,1H2,2H3/b10-4-,43-26+. The number of hydrogen-bond donors (Lipinski definition) is 0. The Labute approximate surface area is 354 Å². The summed E-state index contributed by atoms with van der Waals surface area (Å²) in [7, 11) is 0. The number of para-hydroxylation sites is 2. The number of rotatable bonds is 11. The highest BCUT2D eigenvalue weighted by molar-refractivity contribution is 6.22. The van der Waals surface area contributed by atoms with Crippen LogP contribution >= 0.6 is 0 Å². The summed E-state index contributed by atoms with van der Waals surface area (Å²) in [6, 6.07) is 79.0. The van der Waals surface area contributed by atoms with Gasteiger partial charge in [-0.15, -0.1) is 0 Å². The maximum Gasteiger partial charge on any atom is 0.0536 e. The van der Waals surface area contributed by atoms with Gasteiger partial charge in [-0.1, -0.05) is 225 Å². The molecule has 1 nitrogen and oxygen atoms in total. The van der Waals surface area contributed by atoms with Crippen LogP contribution in [0.2, 0.25) is 0 Å². The fraction of sp³-hybridized carbons (Fsp3) is 0.0169. The van der Waals surface area contributed by atoms with Crippen molar-refractivity contribution < 1.29 is 0 Å². The number of allylic oxidation sites excluding steroid dienone is 5. The summed E-state index contributed by atoms with van der Waals surface area (Å²) in [6.07, 6.45) is 7.97. The van der Waals surface area contributed by atoms with Gasteiger partial charge in [0.15, 0.2) is 0 Å². The van der Waals surface area contributed by atoms with Crippen molar-refractivity contribution in [3.8, 4) is 66.8 Å². The smallest absolute Gasteiger partial charge is 0.0536 e. The Kier molecular flexibility index (Phi) is 11.0. The van der Waals surface area contributed by atoms with Crippen molar-refractivity contribution in [2.24, 2.45) is 0 Å². The van der Waals surface area contributed by atoms with E-state index in [0.717, 1.165) is 28.2 Å². The molecule has 286 valence electrons. The summed E-state index contributed by atoms with van der Waals surface area (Å²) < 4.78 is 0. The maximum atomic E-state index is 3.89. The van der Waals surface area contributed by atoms with Crippen LogP contribution in [0.4, 0.5) is 11.4 Å². The van der Waals surface area contributed by atoms with Crippen molar-refractivity contribution >= 4 is 22.1 Å². The van der Waals surface area contributed by atoms with Gasteiger partial charge in [0.05, 0.1) is 5.69 Å². The topological polar surface area (TPSA) is 3.24 Å². The zero-order valence-electron chi connectivity index (χ0n) is 33.7. The predicted molar refractivity (Wildman–Crippen MR) is 258 cm³/mol. The Balaban J connectivity index is 1.42. The van der Waals surface area contributed by atoms with Crippen LogP contribution in [0.3, 0.4) is 0 Å². The van der Waals surface area contributed by atoms with Crippen molar-refractivity contribution in [3.63, 3.8) is 0 Å². The summed E-state index contributed by atoms with van der Waals surface area (Å²) >= 11 is 0. The normalized spacial score (nSPS) is 11.5. The molecule has 60 heavy (non-hydrogen) atoms. The predicted octanol–water partition coefficient (Wildman–Crippen LogP) is 16.6. The lowest BCUT2D eigenvalue weighted by atomic mass is 9.77. The van der Waals surface area contributed by atoms with Crippen LogP contribution < -0.4 is 4.90 Å². The molecule has 0 amide bonds. The molecule has 0 heterocycles. The molecule has 0 aromatic heterocycles. The quantitative estimate of drug-likeness (QED) is 0.119. The number of anilines is 2. The molecule has 0 N–H and O–H groups in total. The molecule has 0 fully saturated rings. The van der Waals surface area contributed by atoms with Gasteiger partial charge in [-0.3, -0.25) is 0 Å². The van der Waals surface area contributed by atoms with Crippen molar-refractivity contribution in [2.45, 2.75) is 6.92 Å². The fourth-order valence-corrected chi connectivity index (χ4v) is 8.66. The second kappa shape index (κ2) is 17.4. The minimum atomic E-state index is 1.09. The highest BCUT2D eigenvalue weighted by atomic mass is 15.1. The number of hydrogen-bond acceptors (Lipinski definition) is 1.